The van der Waals surface area contributed by atoms with E-state index in [-0.39, 0.29) is 0 Å². The molecule has 140 valence electrons. The predicted octanol–water partition coefficient (Wildman–Crippen LogP) is 5.86. The first-order valence-corrected chi connectivity index (χ1v) is 10.6. The maximum Gasteiger partial charge on any atom is 0.0992 e. The number of hydrogen-bond donors (Lipinski definition) is 0. The molecule has 2 aromatic rings. The molecule has 1 aromatic heterocycles. The van der Waals surface area contributed by atoms with Gasteiger partial charge in [0.2, 0.25) is 0 Å². The van der Waals surface area contributed by atoms with Crippen LogP contribution >= 0.6 is 0 Å². The number of aryl methyl sites for hydroxylation is 1. The summed E-state index contributed by atoms with van der Waals surface area (Å²) in [5, 5.41) is 10.6. The molecule has 1 aliphatic rings. The number of hydrogen-bond acceptors (Lipinski definition) is 2. The Morgan fingerprint density at radius 2 is 1.77 bits per heavy atom. The van der Waals surface area contributed by atoms with Crippen LogP contribution in [0.4, 0.5) is 0 Å². The van der Waals surface area contributed by atoms with Crippen molar-refractivity contribution >= 4 is 10.9 Å². The third-order valence-electron chi connectivity index (χ3n) is 5.69. The van der Waals surface area contributed by atoms with Gasteiger partial charge in [-0.15, -0.1) is 0 Å². The van der Waals surface area contributed by atoms with Gasteiger partial charge in [0.15, 0.2) is 0 Å². The van der Waals surface area contributed by atoms with Crippen molar-refractivity contribution < 1.29 is 0 Å². The zero-order valence-corrected chi connectivity index (χ0v) is 16.3. The van der Waals surface area contributed by atoms with E-state index < -0.39 is 0 Å². The summed E-state index contributed by atoms with van der Waals surface area (Å²) < 4.78 is 2.40. The molecule has 0 aliphatic carbocycles. The lowest BCUT2D eigenvalue weighted by Crippen LogP contribution is -2.28. The molecule has 0 radical (unpaired) electrons. The van der Waals surface area contributed by atoms with E-state index in [0.29, 0.717) is 0 Å². The Morgan fingerprint density at radius 1 is 1.00 bits per heavy atom. The largest absolute Gasteiger partial charge is 0.347 e. The fraction of sp³-hybridized carbons (Fsp3) is 0.609. The number of fused-ring (bicyclic) bond motifs is 1. The molecule has 3 nitrogen and oxygen atoms in total. The van der Waals surface area contributed by atoms with E-state index in [0.717, 1.165) is 18.7 Å². The molecule has 1 aliphatic heterocycles. The summed E-state index contributed by atoms with van der Waals surface area (Å²) in [5.41, 5.74) is 3.44. The van der Waals surface area contributed by atoms with Gasteiger partial charge < -0.3 is 4.57 Å². The number of likely N-dealkylation sites (tertiary alicyclic amines) is 1. The lowest BCUT2D eigenvalue weighted by atomic mass is 10.1. The average Bonchev–Trinajstić information content (AvgIpc) is 3.02. The van der Waals surface area contributed by atoms with Gasteiger partial charge in [0.25, 0.3) is 0 Å². The first-order valence-electron chi connectivity index (χ1n) is 10.6. The van der Waals surface area contributed by atoms with Crippen molar-refractivity contribution in [2.45, 2.75) is 77.8 Å². The molecular formula is C23H33N3. The molecular weight excluding hydrogens is 318 g/mol. The second kappa shape index (κ2) is 9.78. The van der Waals surface area contributed by atoms with Gasteiger partial charge in [-0.1, -0.05) is 51.5 Å². The van der Waals surface area contributed by atoms with Crippen LogP contribution in [0.1, 0.15) is 75.8 Å². The smallest absolute Gasteiger partial charge is 0.0992 e. The highest BCUT2D eigenvalue weighted by Crippen LogP contribution is 2.26. The van der Waals surface area contributed by atoms with E-state index in [4.69, 9.17) is 0 Å². The Bertz CT molecular complexity index is 732. The van der Waals surface area contributed by atoms with Gasteiger partial charge in [-0.05, 0) is 50.0 Å². The van der Waals surface area contributed by atoms with Gasteiger partial charge in [0.05, 0.1) is 11.6 Å². The molecule has 0 bridgehead atoms. The summed E-state index contributed by atoms with van der Waals surface area (Å²) in [4.78, 5) is 2.59. The molecule has 0 unspecified atom stereocenters. The van der Waals surface area contributed by atoms with Crippen molar-refractivity contribution in [2.75, 3.05) is 13.1 Å². The maximum absolute atomic E-state index is 9.28. The van der Waals surface area contributed by atoms with Crippen LogP contribution < -0.4 is 0 Å². The molecule has 2 heterocycles. The molecule has 3 rings (SSSR count). The fourth-order valence-corrected chi connectivity index (χ4v) is 4.17. The van der Waals surface area contributed by atoms with Crippen LogP contribution in [0.5, 0.6) is 0 Å². The Kier molecular flexibility index (Phi) is 7.14. The van der Waals surface area contributed by atoms with Crippen LogP contribution in [0.2, 0.25) is 0 Å². The third-order valence-corrected chi connectivity index (χ3v) is 5.69. The predicted molar refractivity (Wildman–Crippen MR) is 109 cm³/mol. The molecule has 26 heavy (non-hydrogen) atoms. The molecule has 1 fully saturated rings. The SMILES string of the molecule is CCCCCCCCn1cc(CN2CCCCC2)c2ccc(C#N)cc21. The van der Waals surface area contributed by atoms with Gasteiger partial charge in [0, 0.05) is 30.2 Å². The van der Waals surface area contributed by atoms with E-state index in [1.54, 1.807) is 0 Å². The fourth-order valence-electron chi connectivity index (χ4n) is 4.17. The minimum Gasteiger partial charge on any atom is -0.347 e. The lowest BCUT2D eigenvalue weighted by Gasteiger charge is -2.26. The Morgan fingerprint density at radius 3 is 2.54 bits per heavy atom. The van der Waals surface area contributed by atoms with Crippen molar-refractivity contribution in [3.63, 3.8) is 0 Å². The Hall–Kier alpha value is -1.79. The first-order chi connectivity index (χ1) is 12.8. The summed E-state index contributed by atoms with van der Waals surface area (Å²) in [7, 11) is 0. The zero-order valence-electron chi connectivity index (χ0n) is 16.3. The van der Waals surface area contributed by atoms with E-state index in [1.165, 1.54) is 87.3 Å². The van der Waals surface area contributed by atoms with Crippen LogP contribution in [-0.2, 0) is 13.1 Å². The van der Waals surface area contributed by atoms with E-state index in [1.807, 2.05) is 6.07 Å². The van der Waals surface area contributed by atoms with Crippen molar-refractivity contribution in [1.29, 1.82) is 5.26 Å². The van der Waals surface area contributed by atoms with Gasteiger partial charge in [-0.2, -0.15) is 5.26 Å². The van der Waals surface area contributed by atoms with E-state index >= 15 is 0 Å². The topological polar surface area (TPSA) is 32.0 Å². The summed E-state index contributed by atoms with van der Waals surface area (Å²) >= 11 is 0. The standard InChI is InChI=1S/C23H33N3/c1-2-3-4-5-6-10-15-26-19-21(18-25-13-8-7-9-14-25)22-12-11-20(17-24)16-23(22)26/h11-12,16,19H,2-10,13-15,18H2,1H3. The minimum atomic E-state index is 0.768. The number of nitrogens with zero attached hydrogens (tertiary/aromatic N) is 3. The first kappa shape index (κ1) is 19.0. The number of unbranched alkanes of at least 4 members (excludes halogenated alkanes) is 5. The molecule has 0 atom stereocenters. The normalized spacial score (nSPS) is 15.4. The van der Waals surface area contributed by atoms with Crippen LogP contribution in [0.3, 0.4) is 0 Å². The third kappa shape index (κ3) is 4.89. The average molecular weight is 352 g/mol. The van der Waals surface area contributed by atoms with Gasteiger partial charge >= 0.3 is 0 Å². The van der Waals surface area contributed by atoms with Gasteiger partial charge in [-0.25, -0.2) is 0 Å². The zero-order chi connectivity index (χ0) is 18.2. The van der Waals surface area contributed by atoms with Crippen molar-refractivity contribution in [3.05, 3.63) is 35.5 Å². The van der Waals surface area contributed by atoms with Crippen LogP contribution in [0.25, 0.3) is 10.9 Å². The quantitative estimate of drug-likeness (QED) is 0.530. The summed E-state index contributed by atoms with van der Waals surface area (Å²) in [6, 6.07) is 8.51. The van der Waals surface area contributed by atoms with Crippen molar-refractivity contribution in [2.24, 2.45) is 0 Å². The molecule has 1 saturated heterocycles. The summed E-state index contributed by atoms with van der Waals surface area (Å²) in [5.74, 6) is 0. The van der Waals surface area contributed by atoms with Crippen LogP contribution in [-0.4, -0.2) is 22.6 Å². The molecule has 0 saturated carbocycles. The summed E-state index contributed by atoms with van der Waals surface area (Å²) in [6.07, 6.45) is 14.3. The highest BCUT2D eigenvalue weighted by Gasteiger charge is 2.15. The highest BCUT2D eigenvalue weighted by molar-refractivity contribution is 5.85. The second-order valence-electron chi connectivity index (χ2n) is 7.80. The van der Waals surface area contributed by atoms with Gasteiger partial charge in [0.1, 0.15) is 0 Å². The Labute approximate surface area is 158 Å². The number of piperidine rings is 1. The van der Waals surface area contributed by atoms with Crippen LogP contribution in [0, 0.1) is 11.3 Å². The highest BCUT2D eigenvalue weighted by atomic mass is 15.1. The van der Waals surface area contributed by atoms with E-state index in [2.05, 4.69) is 40.8 Å². The minimum absolute atomic E-state index is 0.768. The van der Waals surface area contributed by atoms with Crippen molar-refractivity contribution in [1.82, 2.24) is 9.47 Å². The van der Waals surface area contributed by atoms with E-state index in [9.17, 15) is 5.26 Å². The number of benzene rings is 1. The molecule has 1 aromatic carbocycles. The molecule has 3 heteroatoms. The number of aromatic nitrogens is 1. The Balaban J connectivity index is 1.72. The van der Waals surface area contributed by atoms with Crippen LogP contribution in [0.15, 0.2) is 24.4 Å². The van der Waals surface area contributed by atoms with Crippen molar-refractivity contribution in [3.8, 4) is 6.07 Å². The molecule has 0 amide bonds. The molecule has 0 N–H and O–H groups in total. The number of nitriles is 1. The summed E-state index contributed by atoms with van der Waals surface area (Å²) in [6.45, 7) is 6.83. The second-order valence-corrected chi connectivity index (χ2v) is 7.80. The maximum atomic E-state index is 9.28. The monoisotopic (exact) mass is 351 g/mol. The lowest BCUT2D eigenvalue weighted by molar-refractivity contribution is 0.221. The number of rotatable bonds is 9. The molecule has 0 spiro atoms. The van der Waals surface area contributed by atoms with Gasteiger partial charge in [-0.3, -0.25) is 4.90 Å².